The van der Waals surface area contributed by atoms with Gasteiger partial charge in [0.25, 0.3) is 11.4 Å². The van der Waals surface area contributed by atoms with E-state index in [4.69, 9.17) is 9.47 Å². The fourth-order valence-electron chi connectivity index (χ4n) is 3.13. The van der Waals surface area contributed by atoms with Gasteiger partial charge < -0.3 is 9.47 Å². The van der Waals surface area contributed by atoms with E-state index < -0.39 is 41.4 Å². The molecule has 0 spiro atoms. The number of nitro groups is 2. The zero-order valence-corrected chi connectivity index (χ0v) is 18.4. The Bertz CT molecular complexity index is 928. The largest absolute Gasteiger partial charge is 0.497 e. The van der Waals surface area contributed by atoms with Crippen LogP contribution in [0, 0.1) is 20.2 Å². The molecular weight excluding hydrogens is 408 g/mol. The van der Waals surface area contributed by atoms with E-state index in [-0.39, 0.29) is 11.1 Å². The second-order valence-corrected chi connectivity index (χ2v) is 12.5. The van der Waals surface area contributed by atoms with Crippen LogP contribution >= 0.6 is 0 Å². The third-order valence-electron chi connectivity index (χ3n) is 5.53. The maximum absolute atomic E-state index is 12.6. The van der Waals surface area contributed by atoms with E-state index in [0.29, 0.717) is 0 Å². The van der Waals surface area contributed by atoms with Crippen molar-refractivity contribution in [2.45, 2.75) is 38.6 Å². The number of ether oxygens (including phenoxy) is 2. The van der Waals surface area contributed by atoms with Gasteiger partial charge in [0.1, 0.15) is 5.75 Å². The Morgan fingerprint density at radius 2 is 1.47 bits per heavy atom. The third-order valence-corrected chi connectivity index (χ3v) is 10.1. The molecule has 0 bridgehead atoms. The number of methoxy groups -OCH3 is 1. The molecule has 0 N–H and O–H groups in total. The molecule has 0 aliphatic carbocycles. The molecular formula is C20H24N2O7Si. The fraction of sp³-hybridized carbons (Fsp3) is 0.350. The monoisotopic (exact) mass is 432 g/mol. The van der Waals surface area contributed by atoms with E-state index in [1.54, 1.807) is 14.0 Å². The normalized spacial score (nSPS) is 13.2. The minimum Gasteiger partial charge on any atom is -0.497 e. The van der Waals surface area contributed by atoms with E-state index in [2.05, 4.69) is 13.1 Å². The molecule has 0 aromatic heterocycles. The first-order chi connectivity index (χ1) is 14.0. The molecule has 0 heterocycles. The van der Waals surface area contributed by atoms with E-state index in [9.17, 15) is 25.0 Å². The maximum atomic E-state index is 12.6. The van der Waals surface area contributed by atoms with Gasteiger partial charge in [0.15, 0.2) is 0 Å². The maximum Gasteiger partial charge on any atom is 0.338 e. The molecule has 2 rings (SSSR count). The number of esters is 1. The molecule has 10 heteroatoms. The van der Waals surface area contributed by atoms with Gasteiger partial charge in [-0.2, -0.15) is 0 Å². The summed E-state index contributed by atoms with van der Waals surface area (Å²) >= 11 is 0. The molecule has 0 fully saturated rings. The van der Waals surface area contributed by atoms with Gasteiger partial charge in [0.2, 0.25) is 0 Å². The van der Waals surface area contributed by atoms with Crippen molar-refractivity contribution in [2.24, 2.45) is 0 Å². The molecule has 0 saturated heterocycles. The molecule has 2 aromatic rings. The molecule has 0 aliphatic heterocycles. The Morgan fingerprint density at radius 1 is 0.967 bits per heavy atom. The molecule has 2 atom stereocenters. The second-order valence-electron chi connectivity index (χ2n) is 7.60. The first-order valence-corrected chi connectivity index (χ1v) is 12.3. The Kier molecular flexibility index (Phi) is 6.93. The highest BCUT2D eigenvalue weighted by atomic mass is 28.3. The Labute approximate surface area is 174 Å². The number of benzene rings is 2. The molecule has 0 amide bonds. The molecule has 30 heavy (non-hydrogen) atoms. The number of nitrogens with zero attached hydrogens (tertiary/aromatic N) is 2. The summed E-state index contributed by atoms with van der Waals surface area (Å²) in [6, 6.07) is 10.5. The van der Waals surface area contributed by atoms with Gasteiger partial charge in [-0.1, -0.05) is 37.3 Å². The highest BCUT2D eigenvalue weighted by Gasteiger charge is 2.36. The molecule has 0 unspecified atom stereocenters. The third kappa shape index (κ3) is 5.01. The van der Waals surface area contributed by atoms with Crippen molar-refractivity contribution in [1.82, 2.24) is 0 Å². The lowest BCUT2D eigenvalue weighted by Crippen LogP contribution is -2.49. The summed E-state index contributed by atoms with van der Waals surface area (Å²) < 4.78 is 10.7. The van der Waals surface area contributed by atoms with Crippen molar-refractivity contribution < 1.29 is 24.1 Å². The van der Waals surface area contributed by atoms with Crippen molar-refractivity contribution in [3.63, 3.8) is 0 Å². The number of carbonyl (C=O) groups is 1. The zero-order chi connectivity index (χ0) is 22.6. The summed E-state index contributed by atoms with van der Waals surface area (Å²) in [7, 11) is -0.459. The van der Waals surface area contributed by atoms with Gasteiger partial charge in [-0.3, -0.25) is 20.2 Å². The summed E-state index contributed by atoms with van der Waals surface area (Å²) in [6.07, 6.45) is -0.500. The lowest BCUT2D eigenvalue weighted by atomic mass is 10.1. The predicted octanol–water partition coefficient (Wildman–Crippen LogP) is 4.06. The molecule has 0 radical (unpaired) electrons. The van der Waals surface area contributed by atoms with E-state index >= 15 is 0 Å². The highest BCUT2D eigenvalue weighted by Crippen LogP contribution is 2.29. The van der Waals surface area contributed by atoms with E-state index in [0.717, 1.165) is 29.1 Å². The lowest BCUT2D eigenvalue weighted by molar-refractivity contribution is -0.394. The number of non-ortho nitro benzene ring substituents is 2. The Hall–Kier alpha value is -3.27. The van der Waals surface area contributed by atoms with Gasteiger partial charge in [0.05, 0.1) is 42.8 Å². The molecule has 2 aromatic carbocycles. The van der Waals surface area contributed by atoms with Gasteiger partial charge in [-0.05, 0) is 24.6 Å². The number of hydrogen-bond donors (Lipinski definition) is 0. The van der Waals surface area contributed by atoms with Crippen LogP contribution in [0.25, 0.3) is 0 Å². The van der Waals surface area contributed by atoms with Crippen LogP contribution in [0.5, 0.6) is 5.75 Å². The van der Waals surface area contributed by atoms with Crippen molar-refractivity contribution in [3.05, 3.63) is 68.3 Å². The van der Waals surface area contributed by atoms with Crippen LogP contribution in [0.2, 0.25) is 18.6 Å². The van der Waals surface area contributed by atoms with Gasteiger partial charge in [-0.25, -0.2) is 4.79 Å². The number of carbonyl (C=O) groups excluding carboxylic acids is 1. The van der Waals surface area contributed by atoms with E-state index in [1.807, 2.05) is 31.2 Å². The van der Waals surface area contributed by atoms with E-state index in [1.165, 1.54) is 0 Å². The van der Waals surface area contributed by atoms with Crippen molar-refractivity contribution in [1.29, 1.82) is 0 Å². The summed E-state index contributed by atoms with van der Waals surface area (Å²) in [5.41, 5.74) is -1.29. The molecule has 0 aliphatic rings. The highest BCUT2D eigenvalue weighted by molar-refractivity contribution is 6.91. The Balaban J connectivity index is 2.23. The first-order valence-electron chi connectivity index (χ1n) is 9.26. The number of rotatable bonds is 8. The van der Waals surface area contributed by atoms with Crippen molar-refractivity contribution >= 4 is 30.6 Å². The fourth-order valence-corrected chi connectivity index (χ4v) is 5.93. The zero-order valence-electron chi connectivity index (χ0n) is 17.4. The first kappa shape index (κ1) is 23.0. The molecule has 9 nitrogen and oxygen atoms in total. The number of hydrogen-bond acceptors (Lipinski definition) is 7. The second kappa shape index (κ2) is 9.03. The summed E-state index contributed by atoms with van der Waals surface area (Å²) in [5, 5.41) is 23.2. The minimum atomic E-state index is -2.06. The molecule has 0 saturated carbocycles. The average Bonchev–Trinajstić information content (AvgIpc) is 2.72. The smallest absolute Gasteiger partial charge is 0.338 e. The van der Waals surface area contributed by atoms with Gasteiger partial charge in [0, 0.05) is 12.1 Å². The van der Waals surface area contributed by atoms with Crippen LogP contribution in [0.1, 0.15) is 24.2 Å². The van der Waals surface area contributed by atoms with Crippen molar-refractivity contribution in [2.75, 3.05) is 7.11 Å². The summed E-state index contributed by atoms with van der Waals surface area (Å²) in [6.45, 7) is 8.06. The topological polar surface area (TPSA) is 122 Å². The van der Waals surface area contributed by atoms with Crippen LogP contribution in [-0.4, -0.2) is 37.1 Å². The minimum absolute atomic E-state index is 0.00327. The van der Waals surface area contributed by atoms with Gasteiger partial charge in [-0.15, -0.1) is 0 Å². The summed E-state index contributed by atoms with van der Waals surface area (Å²) in [4.78, 5) is 33.1. The van der Waals surface area contributed by atoms with Crippen LogP contribution < -0.4 is 9.92 Å². The predicted molar refractivity (Wildman–Crippen MR) is 114 cm³/mol. The van der Waals surface area contributed by atoms with Crippen LogP contribution in [0.4, 0.5) is 11.4 Å². The SMILES string of the molecule is COc1ccc([Si](C)(C)[C@@H](C)[C@@H](C)OC(=O)c2cc([N+](=O)[O-])cc([N+](=O)[O-])c2)cc1. The lowest BCUT2D eigenvalue weighted by Gasteiger charge is -2.34. The number of nitro benzene ring substituents is 2. The van der Waals surface area contributed by atoms with Crippen LogP contribution in [0.3, 0.4) is 0 Å². The van der Waals surface area contributed by atoms with Crippen molar-refractivity contribution in [3.8, 4) is 5.75 Å². The standard InChI is InChI=1S/C20H24N2O7Si/c1-13(14(2)30(4,5)19-8-6-18(28-3)7-9-19)29-20(23)15-10-16(21(24)25)12-17(11-15)22(26)27/h6-14H,1-5H3/t13-,14+/m1/s1. The quantitative estimate of drug-likeness (QED) is 0.267. The average molecular weight is 433 g/mol. The van der Waals surface area contributed by atoms with Crippen LogP contribution in [-0.2, 0) is 4.74 Å². The van der Waals surface area contributed by atoms with Gasteiger partial charge >= 0.3 is 5.97 Å². The Morgan fingerprint density at radius 3 is 1.90 bits per heavy atom. The van der Waals surface area contributed by atoms with Crippen LogP contribution in [0.15, 0.2) is 42.5 Å². The summed E-state index contributed by atoms with van der Waals surface area (Å²) in [5.74, 6) is -0.0800. The molecule has 160 valence electrons.